The summed E-state index contributed by atoms with van der Waals surface area (Å²) in [4.78, 5) is 36.8. The number of esters is 1. The standard InChI is InChI=1S/C24H24N2O5S/c1-24(2,3)31-23(29)25-15-16-6-8-17(9-7-16)22(28)30-19-12-10-18(11-13-19)26-21(27)20-5-4-14-32-20/h4-14H,15H2,1-3H3,(H,25,29)(H,26,27). The van der Waals surface area contributed by atoms with E-state index in [4.69, 9.17) is 9.47 Å². The number of hydrogen-bond acceptors (Lipinski definition) is 6. The number of carbonyl (C=O) groups excluding carboxylic acids is 3. The highest BCUT2D eigenvalue weighted by atomic mass is 32.1. The second-order valence-electron chi connectivity index (χ2n) is 7.90. The van der Waals surface area contributed by atoms with E-state index in [0.29, 0.717) is 21.9 Å². The van der Waals surface area contributed by atoms with Crippen LogP contribution in [0.1, 0.15) is 46.4 Å². The van der Waals surface area contributed by atoms with Crippen molar-refractivity contribution in [2.24, 2.45) is 0 Å². The molecule has 0 atom stereocenters. The highest BCUT2D eigenvalue weighted by molar-refractivity contribution is 7.12. The van der Waals surface area contributed by atoms with Crippen molar-refractivity contribution >= 4 is 35.0 Å². The minimum atomic E-state index is -0.564. The molecule has 2 aromatic carbocycles. The predicted molar refractivity (Wildman–Crippen MR) is 123 cm³/mol. The molecule has 3 rings (SSSR count). The summed E-state index contributed by atoms with van der Waals surface area (Å²) < 4.78 is 10.6. The van der Waals surface area contributed by atoms with Crippen LogP contribution in [0.4, 0.5) is 10.5 Å². The molecular weight excluding hydrogens is 428 g/mol. The molecule has 166 valence electrons. The normalized spacial score (nSPS) is 10.8. The molecule has 32 heavy (non-hydrogen) atoms. The fourth-order valence-corrected chi connectivity index (χ4v) is 3.24. The summed E-state index contributed by atoms with van der Waals surface area (Å²) in [6.07, 6.45) is -0.504. The first-order valence-corrected chi connectivity index (χ1v) is 10.8. The van der Waals surface area contributed by atoms with Gasteiger partial charge in [0.05, 0.1) is 10.4 Å². The Hall–Kier alpha value is -3.65. The van der Waals surface area contributed by atoms with Gasteiger partial charge in [0.15, 0.2) is 0 Å². The first-order chi connectivity index (χ1) is 15.2. The zero-order valence-electron chi connectivity index (χ0n) is 18.0. The Morgan fingerprint density at radius 1 is 0.938 bits per heavy atom. The molecule has 3 aromatic rings. The van der Waals surface area contributed by atoms with Crippen LogP contribution in [0.5, 0.6) is 5.75 Å². The van der Waals surface area contributed by atoms with Crippen LogP contribution in [-0.4, -0.2) is 23.6 Å². The van der Waals surface area contributed by atoms with Gasteiger partial charge in [-0.25, -0.2) is 9.59 Å². The molecule has 1 aromatic heterocycles. The SMILES string of the molecule is CC(C)(C)OC(=O)NCc1ccc(C(=O)Oc2ccc(NC(=O)c3cccs3)cc2)cc1. The molecule has 0 unspecified atom stereocenters. The van der Waals surface area contributed by atoms with Gasteiger partial charge in [0.1, 0.15) is 11.4 Å². The van der Waals surface area contributed by atoms with E-state index >= 15 is 0 Å². The number of anilines is 1. The summed E-state index contributed by atoms with van der Waals surface area (Å²) in [6.45, 7) is 5.66. The molecule has 0 radical (unpaired) electrons. The van der Waals surface area contributed by atoms with Crippen molar-refractivity contribution in [3.05, 3.63) is 82.0 Å². The summed E-state index contributed by atoms with van der Waals surface area (Å²) in [7, 11) is 0. The number of carbonyl (C=O) groups is 3. The first-order valence-electron chi connectivity index (χ1n) is 9.92. The fourth-order valence-electron chi connectivity index (χ4n) is 2.62. The largest absolute Gasteiger partial charge is 0.444 e. The molecule has 0 bridgehead atoms. The fraction of sp³-hybridized carbons (Fsp3) is 0.208. The summed E-state index contributed by atoms with van der Waals surface area (Å²) in [5, 5.41) is 7.29. The van der Waals surface area contributed by atoms with Crippen molar-refractivity contribution in [2.75, 3.05) is 5.32 Å². The van der Waals surface area contributed by atoms with Gasteiger partial charge in [-0.05, 0) is 74.2 Å². The number of ether oxygens (including phenoxy) is 2. The number of nitrogens with one attached hydrogen (secondary N) is 2. The molecule has 0 aliphatic heterocycles. The van der Waals surface area contributed by atoms with Crippen LogP contribution in [-0.2, 0) is 11.3 Å². The lowest BCUT2D eigenvalue weighted by atomic mass is 10.1. The highest BCUT2D eigenvalue weighted by Gasteiger charge is 2.16. The third-order valence-corrected chi connectivity index (χ3v) is 4.96. The second-order valence-corrected chi connectivity index (χ2v) is 8.85. The van der Waals surface area contributed by atoms with E-state index < -0.39 is 17.7 Å². The summed E-state index contributed by atoms with van der Waals surface area (Å²) in [6, 6.07) is 16.8. The number of alkyl carbamates (subject to hydrolysis) is 1. The quantitative estimate of drug-likeness (QED) is 0.394. The van der Waals surface area contributed by atoms with Crippen LogP contribution in [0.25, 0.3) is 0 Å². The number of rotatable bonds is 6. The van der Waals surface area contributed by atoms with Crippen LogP contribution in [0.3, 0.4) is 0 Å². The lowest BCUT2D eigenvalue weighted by Gasteiger charge is -2.19. The molecule has 0 aliphatic rings. The van der Waals surface area contributed by atoms with Crippen molar-refractivity contribution in [3.8, 4) is 5.75 Å². The van der Waals surface area contributed by atoms with Gasteiger partial charge >= 0.3 is 12.1 Å². The Morgan fingerprint density at radius 2 is 1.62 bits per heavy atom. The van der Waals surface area contributed by atoms with E-state index in [0.717, 1.165) is 5.56 Å². The topological polar surface area (TPSA) is 93.7 Å². The average Bonchev–Trinajstić information content (AvgIpc) is 3.28. The Kier molecular flexibility index (Phi) is 7.27. The molecule has 2 N–H and O–H groups in total. The van der Waals surface area contributed by atoms with Gasteiger partial charge in [-0.15, -0.1) is 11.3 Å². The Balaban J connectivity index is 1.51. The number of thiophene rings is 1. The lowest BCUT2D eigenvalue weighted by Crippen LogP contribution is -2.32. The maximum absolute atomic E-state index is 12.4. The van der Waals surface area contributed by atoms with Crippen LogP contribution in [0.15, 0.2) is 66.0 Å². The molecule has 7 nitrogen and oxygen atoms in total. The van der Waals surface area contributed by atoms with Crippen molar-refractivity contribution in [1.29, 1.82) is 0 Å². The van der Waals surface area contributed by atoms with E-state index in [-0.39, 0.29) is 12.5 Å². The molecule has 0 saturated heterocycles. The third-order valence-electron chi connectivity index (χ3n) is 4.09. The van der Waals surface area contributed by atoms with Gasteiger partial charge in [-0.3, -0.25) is 4.79 Å². The van der Waals surface area contributed by atoms with E-state index in [9.17, 15) is 14.4 Å². The Bertz CT molecular complexity index is 1070. The molecule has 0 aliphatic carbocycles. The van der Waals surface area contributed by atoms with Crippen molar-refractivity contribution in [3.63, 3.8) is 0 Å². The predicted octanol–water partition coefficient (Wildman–Crippen LogP) is 5.24. The highest BCUT2D eigenvalue weighted by Crippen LogP contribution is 2.19. The molecule has 0 saturated carbocycles. The minimum Gasteiger partial charge on any atom is -0.444 e. The van der Waals surface area contributed by atoms with Crippen LogP contribution in [0.2, 0.25) is 0 Å². The van der Waals surface area contributed by atoms with Crippen molar-refractivity contribution < 1.29 is 23.9 Å². The maximum atomic E-state index is 12.4. The van der Waals surface area contributed by atoms with Crippen LogP contribution < -0.4 is 15.4 Å². The molecular formula is C24H24N2O5S. The van der Waals surface area contributed by atoms with E-state index in [1.54, 1.807) is 75.4 Å². The number of amides is 2. The second kappa shape index (κ2) is 10.1. The van der Waals surface area contributed by atoms with Gasteiger partial charge in [0.2, 0.25) is 0 Å². The molecule has 0 fully saturated rings. The minimum absolute atomic E-state index is 0.189. The summed E-state index contributed by atoms with van der Waals surface area (Å²) in [5.41, 5.74) is 1.23. The maximum Gasteiger partial charge on any atom is 0.407 e. The third kappa shape index (κ3) is 6.95. The average molecular weight is 453 g/mol. The van der Waals surface area contributed by atoms with E-state index in [1.165, 1.54) is 11.3 Å². The van der Waals surface area contributed by atoms with E-state index in [2.05, 4.69) is 10.6 Å². The molecule has 8 heteroatoms. The van der Waals surface area contributed by atoms with E-state index in [1.807, 2.05) is 11.4 Å². The number of benzene rings is 2. The van der Waals surface area contributed by atoms with Crippen molar-refractivity contribution in [2.45, 2.75) is 32.9 Å². The monoisotopic (exact) mass is 452 g/mol. The van der Waals surface area contributed by atoms with Gasteiger partial charge in [-0.1, -0.05) is 18.2 Å². The zero-order valence-corrected chi connectivity index (χ0v) is 18.8. The summed E-state index contributed by atoms with van der Waals surface area (Å²) in [5.74, 6) is -0.335. The zero-order chi connectivity index (χ0) is 23.1. The Labute approximate surface area is 190 Å². The first kappa shape index (κ1) is 23.0. The van der Waals surface area contributed by atoms with Crippen molar-refractivity contribution in [1.82, 2.24) is 5.32 Å². The van der Waals surface area contributed by atoms with Gasteiger partial charge in [-0.2, -0.15) is 0 Å². The van der Waals surface area contributed by atoms with Gasteiger partial charge < -0.3 is 20.1 Å². The van der Waals surface area contributed by atoms with Gasteiger partial charge in [0.25, 0.3) is 5.91 Å². The molecule has 2 amide bonds. The van der Waals surface area contributed by atoms with Crippen LogP contribution in [0, 0.1) is 0 Å². The van der Waals surface area contributed by atoms with Gasteiger partial charge in [0, 0.05) is 12.2 Å². The Morgan fingerprint density at radius 3 is 2.22 bits per heavy atom. The number of hydrogen-bond donors (Lipinski definition) is 2. The lowest BCUT2D eigenvalue weighted by molar-refractivity contribution is 0.0522. The van der Waals surface area contributed by atoms with Crippen LogP contribution >= 0.6 is 11.3 Å². The summed E-state index contributed by atoms with van der Waals surface area (Å²) >= 11 is 1.36. The smallest absolute Gasteiger partial charge is 0.407 e. The molecule has 1 heterocycles. The molecule has 0 spiro atoms.